The van der Waals surface area contributed by atoms with Crippen LogP contribution in [0.1, 0.15) is 40.0 Å². The highest BCUT2D eigenvalue weighted by Gasteiger charge is 2.29. The van der Waals surface area contributed by atoms with Gasteiger partial charge in [0.05, 0.1) is 0 Å². The molecule has 2 nitrogen and oxygen atoms in total. The van der Waals surface area contributed by atoms with Crippen LogP contribution >= 0.6 is 0 Å². The van der Waals surface area contributed by atoms with Crippen LogP contribution in [0.15, 0.2) is 0 Å². The lowest BCUT2D eigenvalue weighted by atomic mass is 9.90. The van der Waals surface area contributed by atoms with Gasteiger partial charge < -0.3 is 4.90 Å². The highest BCUT2D eigenvalue weighted by Crippen LogP contribution is 2.24. The predicted molar refractivity (Wildman–Crippen MR) is 62.2 cm³/mol. The van der Waals surface area contributed by atoms with Crippen molar-refractivity contribution in [2.75, 3.05) is 13.1 Å². The van der Waals surface area contributed by atoms with Crippen LogP contribution < -0.4 is 0 Å². The first-order valence-corrected chi connectivity index (χ1v) is 5.68. The van der Waals surface area contributed by atoms with E-state index in [0.717, 1.165) is 32.4 Å². The minimum atomic E-state index is -0.251. The van der Waals surface area contributed by atoms with Crippen molar-refractivity contribution in [1.82, 2.24) is 4.90 Å². The van der Waals surface area contributed by atoms with Crippen molar-refractivity contribution in [1.29, 1.82) is 0 Å². The van der Waals surface area contributed by atoms with E-state index in [4.69, 9.17) is 6.42 Å². The Labute approximate surface area is 93.0 Å². The second-order valence-electron chi connectivity index (χ2n) is 5.39. The van der Waals surface area contributed by atoms with Crippen molar-refractivity contribution in [3.05, 3.63) is 0 Å². The van der Waals surface area contributed by atoms with Crippen LogP contribution in [-0.4, -0.2) is 23.9 Å². The third-order valence-corrected chi connectivity index (χ3v) is 2.95. The lowest BCUT2D eigenvalue weighted by Gasteiger charge is -2.35. The van der Waals surface area contributed by atoms with Gasteiger partial charge in [-0.05, 0) is 18.8 Å². The van der Waals surface area contributed by atoms with Crippen molar-refractivity contribution in [3.8, 4) is 12.3 Å². The van der Waals surface area contributed by atoms with Crippen LogP contribution in [0.3, 0.4) is 0 Å². The molecule has 1 amide bonds. The van der Waals surface area contributed by atoms with Crippen LogP contribution in [0, 0.1) is 23.7 Å². The van der Waals surface area contributed by atoms with E-state index in [1.54, 1.807) is 0 Å². The molecule has 0 aliphatic carbocycles. The Morgan fingerprint density at radius 2 is 1.93 bits per heavy atom. The maximum Gasteiger partial charge on any atom is 0.227 e. The monoisotopic (exact) mass is 207 g/mol. The molecule has 0 aromatic heterocycles. The molecular weight excluding hydrogens is 186 g/mol. The molecule has 0 radical (unpaired) electrons. The zero-order chi connectivity index (χ0) is 11.5. The van der Waals surface area contributed by atoms with Gasteiger partial charge in [-0.1, -0.05) is 20.8 Å². The van der Waals surface area contributed by atoms with Gasteiger partial charge in [0.25, 0.3) is 0 Å². The average Bonchev–Trinajstić information content (AvgIpc) is 2.17. The maximum atomic E-state index is 12.0. The number of amides is 1. The Hall–Kier alpha value is -0.970. The van der Waals surface area contributed by atoms with Crippen LogP contribution in [0.25, 0.3) is 0 Å². The number of nitrogens with zero attached hydrogens (tertiary/aromatic N) is 1. The summed E-state index contributed by atoms with van der Waals surface area (Å²) in [6, 6.07) is 0. The number of rotatable bonds is 1. The summed E-state index contributed by atoms with van der Waals surface area (Å²) < 4.78 is 0. The highest BCUT2D eigenvalue weighted by atomic mass is 16.2. The van der Waals surface area contributed by atoms with E-state index in [0.29, 0.717) is 5.92 Å². The summed E-state index contributed by atoms with van der Waals surface area (Å²) in [5.74, 6) is 3.60. The molecule has 0 aromatic carbocycles. The van der Waals surface area contributed by atoms with Crippen molar-refractivity contribution in [2.24, 2.45) is 11.3 Å². The second kappa shape index (κ2) is 4.70. The summed E-state index contributed by atoms with van der Waals surface area (Å²) in [4.78, 5) is 13.9. The summed E-state index contributed by atoms with van der Waals surface area (Å²) in [5, 5.41) is 0. The lowest BCUT2D eigenvalue weighted by molar-refractivity contribution is -0.140. The Bertz CT molecular complexity index is 261. The summed E-state index contributed by atoms with van der Waals surface area (Å²) >= 11 is 0. The minimum absolute atomic E-state index is 0.251. The zero-order valence-electron chi connectivity index (χ0n) is 10.0. The number of hydrogen-bond donors (Lipinski definition) is 0. The van der Waals surface area contributed by atoms with Crippen LogP contribution in [-0.2, 0) is 4.79 Å². The number of carbonyl (C=O) groups is 1. The highest BCUT2D eigenvalue weighted by molar-refractivity contribution is 5.81. The molecule has 2 heteroatoms. The Kier molecular flexibility index (Phi) is 3.79. The van der Waals surface area contributed by atoms with Gasteiger partial charge in [0.2, 0.25) is 5.91 Å². The third-order valence-electron chi connectivity index (χ3n) is 2.95. The van der Waals surface area contributed by atoms with Gasteiger partial charge in [-0.2, -0.15) is 0 Å². The molecule has 1 fully saturated rings. The molecule has 0 aromatic rings. The van der Waals surface area contributed by atoms with E-state index in [1.165, 1.54) is 0 Å². The van der Waals surface area contributed by atoms with E-state index < -0.39 is 0 Å². The summed E-state index contributed by atoms with van der Waals surface area (Å²) in [6.07, 6.45) is 8.27. The Morgan fingerprint density at radius 3 is 2.33 bits per heavy atom. The number of carbonyl (C=O) groups excluding carboxylic acids is 1. The molecule has 15 heavy (non-hydrogen) atoms. The van der Waals surface area contributed by atoms with Crippen molar-refractivity contribution >= 4 is 5.91 Å². The standard InChI is InChI=1S/C13H21NO/c1-5-6-11-7-9-14(10-8-11)12(15)13(2,3)4/h1,11H,6-10H2,2-4H3. The number of piperidine rings is 1. The topological polar surface area (TPSA) is 20.3 Å². The average molecular weight is 207 g/mol. The Balaban J connectivity index is 2.45. The third kappa shape index (κ3) is 3.27. The van der Waals surface area contributed by atoms with E-state index >= 15 is 0 Å². The summed E-state index contributed by atoms with van der Waals surface area (Å²) in [6.45, 7) is 7.68. The van der Waals surface area contributed by atoms with Crippen molar-refractivity contribution in [2.45, 2.75) is 40.0 Å². The molecule has 0 atom stereocenters. The Morgan fingerprint density at radius 1 is 1.40 bits per heavy atom. The first-order valence-electron chi connectivity index (χ1n) is 5.68. The zero-order valence-corrected chi connectivity index (χ0v) is 10.0. The van der Waals surface area contributed by atoms with Crippen LogP contribution in [0.4, 0.5) is 0 Å². The van der Waals surface area contributed by atoms with Crippen molar-refractivity contribution in [3.63, 3.8) is 0 Å². The van der Waals surface area contributed by atoms with Gasteiger partial charge >= 0.3 is 0 Å². The molecule has 1 aliphatic heterocycles. The number of hydrogen-bond acceptors (Lipinski definition) is 1. The van der Waals surface area contributed by atoms with E-state index in [-0.39, 0.29) is 11.3 Å². The maximum absolute atomic E-state index is 12.0. The smallest absolute Gasteiger partial charge is 0.227 e. The molecule has 1 heterocycles. The fourth-order valence-corrected chi connectivity index (χ4v) is 1.98. The SMILES string of the molecule is C#CCC1CCN(C(=O)C(C)(C)C)CC1. The first-order chi connectivity index (χ1) is 6.95. The van der Waals surface area contributed by atoms with Gasteiger partial charge in [-0.25, -0.2) is 0 Å². The first kappa shape index (κ1) is 12.1. The fraction of sp³-hybridized carbons (Fsp3) is 0.769. The molecule has 1 aliphatic rings. The largest absolute Gasteiger partial charge is 0.342 e. The minimum Gasteiger partial charge on any atom is -0.342 e. The lowest BCUT2D eigenvalue weighted by Crippen LogP contribution is -2.44. The molecule has 0 unspecified atom stereocenters. The van der Waals surface area contributed by atoms with Crippen LogP contribution in [0.2, 0.25) is 0 Å². The molecule has 0 bridgehead atoms. The molecule has 1 rings (SSSR count). The van der Waals surface area contributed by atoms with Gasteiger partial charge in [0.15, 0.2) is 0 Å². The van der Waals surface area contributed by atoms with E-state index in [2.05, 4.69) is 5.92 Å². The molecule has 1 saturated heterocycles. The molecule has 0 N–H and O–H groups in total. The summed E-state index contributed by atoms with van der Waals surface area (Å²) in [7, 11) is 0. The normalized spacial score (nSPS) is 18.7. The molecule has 0 saturated carbocycles. The van der Waals surface area contributed by atoms with Gasteiger partial charge in [0.1, 0.15) is 0 Å². The van der Waals surface area contributed by atoms with Gasteiger partial charge in [-0.3, -0.25) is 4.79 Å². The van der Waals surface area contributed by atoms with Crippen LogP contribution in [0.5, 0.6) is 0 Å². The molecule has 84 valence electrons. The molecule has 0 spiro atoms. The quantitative estimate of drug-likeness (QED) is 0.604. The van der Waals surface area contributed by atoms with Gasteiger partial charge in [-0.15, -0.1) is 12.3 Å². The number of terminal acetylenes is 1. The van der Waals surface area contributed by atoms with Crippen molar-refractivity contribution < 1.29 is 4.79 Å². The van der Waals surface area contributed by atoms with E-state index in [9.17, 15) is 4.79 Å². The fourth-order valence-electron chi connectivity index (χ4n) is 1.98. The molecular formula is C13H21NO. The second-order valence-corrected chi connectivity index (χ2v) is 5.39. The summed E-state index contributed by atoms with van der Waals surface area (Å²) in [5.41, 5.74) is -0.251. The predicted octanol–water partition coefficient (Wildman–Crippen LogP) is 2.29. The van der Waals surface area contributed by atoms with Gasteiger partial charge in [0, 0.05) is 24.9 Å². The number of likely N-dealkylation sites (tertiary alicyclic amines) is 1. The van der Waals surface area contributed by atoms with E-state index in [1.807, 2.05) is 25.7 Å².